The summed E-state index contributed by atoms with van der Waals surface area (Å²) in [5, 5.41) is 44.0. The smallest absolute Gasteiger partial charge is 0.336 e. The molecule has 1 saturated heterocycles. The number of aliphatic hydroxyl groups is 2. The van der Waals surface area contributed by atoms with Crippen molar-refractivity contribution in [2.75, 3.05) is 18.9 Å². The van der Waals surface area contributed by atoms with E-state index in [1.807, 2.05) is 13.8 Å². The number of nitrogens with two attached hydrogens (primary N) is 1. The minimum atomic E-state index is -1.28. The zero-order chi connectivity index (χ0) is 39.5. The van der Waals surface area contributed by atoms with E-state index in [1.165, 1.54) is 0 Å². The van der Waals surface area contributed by atoms with Crippen molar-refractivity contribution in [2.24, 2.45) is 46.2 Å². The van der Waals surface area contributed by atoms with E-state index in [-0.39, 0.29) is 72.8 Å². The molecule has 0 aromatic rings. The van der Waals surface area contributed by atoms with Gasteiger partial charge in [0.15, 0.2) is 0 Å². The Labute approximate surface area is 318 Å². The maximum absolute atomic E-state index is 14.4. The number of carbonyl (C=O) groups excluding carboxylic acids is 4. The van der Waals surface area contributed by atoms with Gasteiger partial charge in [0.25, 0.3) is 0 Å². The van der Waals surface area contributed by atoms with E-state index in [0.29, 0.717) is 23.8 Å². The summed E-state index contributed by atoms with van der Waals surface area (Å²) < 4.78 is 12.4. The van der Waals surface area contributed by atoms with Gasteiger partial charge in [-0.2, -0.15) is 11.8 Å². The number of cyclic esters (lactones) is 1. The summed E-state index contributed by atoms with van der Waals surface area (Å²) in [5.41, 5.74) is 4.73. The fraction of sp³-hybridized carbons (Fsp3) is 0.789. The highest BCUT2D eigenvalue weighted by Gasteiger charge is 2.82. The van der Waals surface area contributed by atoms with Crippen molar-refractivity contribution in [1.82, 2.24) is 10.6 Å². The summed E-state index contributed by atoms with van der Waals surface area (Å²) in [7, 11) is 0. The van der Waals surface area contributed by atoms with Crippen LogP contribution in [0.15, 0.2) is 11.1 Å². The second kappa shape index (κ2) is 15.1. The highest BCUT2D eigenvalue weighted by molar-refractivity contribution is 8.00. The fourth-order valence-corrected chi connectivity index (χ4v) is 12.9. The van der Waals surface area contributed by atoms with Crippen molar-refractivity contribution >= 4 is 47.3 Å². The average molecular weight is 778 g/mol. The largest absolute Gasteiger partial charge is 0.480 e. The van der Waals surface area contributed by atoms with Gasteiger partial charge in [0.05, 0.1) is 29.8 Å². The zero-order valence-corrected chi connectivity index (χ0v) is 32.2. The number of nitrogens with one attached hydrogen (secondary N) is 2. The van der Waals surface area contributed by atoms with Gasteiger partial charge in [-0.3, -0.25) is 24.0 Å². The number of Topliss-reactive ketones (excluding diaryl/α,β-unsaturated/α-hetero) is 1. The number of fused-ring (bicyclic) bond motifs is 4. The molecular formula is C38H55N3O12S. The normalized spacial score (nSPS) is 39.8. The quantitative estimate of drug-likeness (QED) is 0.0966. The fourth-order valence-electron chi connectivity index (χ4n) is 11.5. The molecule has 2 amide bonds. The predicted octanol–water partition coefficient (Wildman–Crippen LogP) is 1.17. The third-order valence-corrected chi connectivity index (χ3v) is 15.9. The molecule has 2 aliphatic heterocycles. The van der Waals surface area contributed by atoms with Crippen LogP contribution in [0.1, 0.15) is 85.5 Å². The van der Waals surface area contributed by atoms with Crippen LogP contribution in [0.2, 0.25) is 0 Å². The third kappa shape index (κ3) is 6.77. The summed E-state index contributed by atoms with van der Waals surface area (Å²) in [5.74, 6) is -3.48. The highest BCUT2D eigenvalue weighted by Crippen LogP contribution is 2.74. The lowest BCUT2D eigenvalue weighted by atomic mass is 9.43. The molecule has 8 N–H and O–H groups in total. The summed E-state index contributed by atoms with van der Waals surface area (Å²) in [6.07, 6.45) is 2.98. The second-order valence-electron chi connectivity index (χ2n) is 17.0. The van der Waals surface area contributed by atoms with E-state index in [1.54, 1.807) is 0 Å². The monoisotopic (exact) mass is 777 g/mol. The molecule has 6 rings (SSSR count). The van der Waals surface area contributed by atoms with Gasteiger partial charge >= 0.3 is 17.9 Å². The highest BCUT2D eigenvalue weighted by atomic mass is 32.2. The third-order valence-electron chi connectivity index (χ3n) is 14.5. The topological polar surface area (TPSA) is 255 Å². The van der Waals surface area contributed by atoms with Crippen molar-refractivity contribution in [3.8, 4) is 0 Å². The van der Waals surface area contributed by atoms with Gasteiger partial charge < -0.3 is 46.3 Å². The first kappa shape index (κ1) is 40.6. The number of carboxylic acids is 2. The van der Waals surface area contributed by atoms with Gasteiger partial charge in [-0.05, 0) is 87.4 Å². The van der Waals surface area contributed by atoms with Crippen LogP contribution in [0.5, 0.6) is 0 Å². The minimum absolute atomic E-state index is 0.00339. The van der Waals surface area contributed by atoms with E-state index in [9.17, 15) is 39.0 Å². The van der Waals surface area contributed by atoms with E-state index in [4.69, 9.17) is 25.4 Å². The number of aliphatic carboxylic acids is 2. The summed E-state index contributed by atoms with van der Waals surface area (Å²) >= 11 is 1.15. The molecule has 15 nitrogen and oxygen atoms in total. The predicted molar refractivity (Wildman–Crippen MR) is 194 cm³/mol. The van der Waals surface area contributed by atoms with Crippen molar-refractivity contribution in [1.29, 1.82) is 0 Å². The van der Waals surface area contributed by atoms with Gasteiger partial charge in [-0.15, -0.1) is 0 Å². The lowest BCUT2D eigenvalue weighted by molar-refractivity contribution is -0.165. The van der Waals surface area contributed by atoms with Crippen molar-refractivity contribution in [2.45, 2.75) is 127 Å². The van der Waals surface area contributed by atoms with Gasteiger partial charge in [-0.1, -0.05) is 19.4 Å². The van der Waals surface area contributed by atoms with E-state index < -0.39 is 70.7 Å². The molecule has 0 aromatic heterocycles. The van der Waals surface area contributed by atoms with Crippen LogP contribution in [-0.2, 0) is 38.2 Å². The number of ketones is 1. The van der Waals surface area contributed by atoms with Crippen LogP contribution in [0.25, 0.3) is 0 Å². The first-order chi connectivity index (χ1) is 25.4. The van der Waals surface area contributed by atoms with E-state index in [0.717, 1.165) is 49.4 Å². The lowest BCUT2D eigenvalue weighted by Gasteiger charge is -2.59. The van der Waals surface area contributed by atoms with Crippen molar-refractivity contribution < 1.29 is 58.7 Å². The number of rotatable bonds is 14. The van der Waals surface area contributed by atoms with Gasteiger partial charge in [0.1, 0.15) is 36.1 Å². The van der Waals surface area contributed by atoms with Crippen LogP contribution >= 0.6 is 11.8 Å². The molecule has 0 aromatic carbocycles. The molecule has 0 radical (unpaired) electrons. The van der Waals surface area contributed by atoms with Gasteiger partial charge in [-0.25, -0.2) is 4.79 Å². The Morgan fingerprint density at radius 1 is 1.07 bits per heavy atom. The number of carboxylic acid groups (broad SMARTS) is 2. The van der Waals surface area contributed by atoms with Crippen molar-refractivity contribution in [3.63, 3.8) is 0 Å². The van der Waals surface area contributed by atoms with Crippen LogP contribution in [0.3, 0.4) is 0 Å². The number of amides is 2. The Bertz CT molecular complexity index is 1610. The molecule has 16 heteroatoms. The van der Waals surface area contributed by atoms with Crippen molar-refractivity contribution in [3.05, 3.63) is 11.1 Å². The van der Waals surface area contributed by atoms with E-state index in [2.05, 4.69) is 24.5 Å². The number of esters is 1. The Balaban J connectivity index is 1.14. The Morgan fingerprint density at radius 2 is 1.80 bits per heavy atom. The lowest BCUT2D eigenvalue weighted by Crippen LogP contribution is -2.67. The van der Waals surface area contributed by atoms with Crippen LogP contribution in [-0.4, -0.2) is 116 Å². The molecule has 1 spiro atoms. The summed E-state index contributed by atoms with van der Waals surface area (Å²) in [6, 6.07) is -2.49. The molecular weight excluding hydrogens is 722 g/mol. The number of hydrogen-bond donors (Lipinski definition) is 7. The summed E-state index contributed by atoms with van der Waals surface area (Å²) in [6.45, 7) is 7.38. The molecule has 4 saturated carbocycles. The molecule has 14 atom stereocenters. The van der Waals surface area contributed by atoms with Crippen LogP contribution < -0.4 is 16.4 Å². The molecule has 4 unspecified atom stereocenters. The molecule has 54 heavy (non-hydrogen) atoms. The number of ether oxygens (including phenoxy) is 2. The minimum Gasteiger partial charge on any atom is -0.480 e. The number of carbonyl (C=O) groups is 6. The standard InChI is InChI=1S/C38H55N3O12S/c1-17-11-26(52-35(51)20(17)15-42)18(2)21-5-6-22-19-12-29-38(53-29)32(47)27(13-28(43)37(38,4)23(19)9-10-36(21,22)3)54-16-25(33(48)40-14-31(45)46)41-30(44)8-7-24(39)34(49)50/h18-19,21-27,29,32,42,47H,5-16,39H2,1-4H3,(H,40,48)(H,41,44)(H,45,46)(H,49,50)/t18-,19?,21+,22?,23?,24+,25-,26+,27?,29+,32-,36+,37-,38-/m0/s1. The first-order valence-corrected chi connectivity index (χ1v) is 20.2. The first-order valence-electron chi connectivity index (χ1n) is 19.2. The number of epoxide rings is 1. The number of hydrogen-bond acceptors (Lipinski definition) is 12. The maximum Gasteiger partial charge on any atom is 0.336 e. The molecule has 6 aliphatic rings. The Morgan fingerprint density at radius 3 is 2.44 bits per heavy atom. The zero-order valence-electron chi connectivity index (χ0n) is 31.4. The van der Waals surface area contributed by atoms with E-state index >= 15 is 0 Å². The number of aliphatic hydroxyl groups excluding tert-OH is 2. The molecule has 2 heterocycles. The van der Waals surface area contributed by atoms with Crippen LogP contribution in [0.4, 0.5) is 0 Å². The molecule has 5 fully saturated rings. The second-order valence-corrected chi connectivity index (χ2v) is 18.3. The Hall–Kier alpha value is -3.05. The number of thioether (sulfide) groups is 1. The maximum atomic E-state index is 14.4. The molecule has 300 valence electrons. The molecule has 4 aliphatic carbocycles. The van der Waals surface area contributed by atoms with Gasteiger partial charge in [0, 0.05) is 30.3 Å². The Kier molecular flexibility index (Phi) is 11.4. The summed E-state index contributed by atoms with van der Waals surface area (Å²) in [4.78, 5) is 75.0. The van der Waals surface area contributed by atoms with Crippen LogP contribution in [0, 0.1) is 40.4 Å². The van der Waals surface area contributed by atoms with Gasteiger partial charge in [0.2, 0.25) is 11.8 Å². The molecule has 0 bridgehead atoms. The average Bonchev–Trinajstić information content (AvgIpc) is 3.75. The SMILES string of the molecule is CC1=C(CO)C(=O)O[C@@H]([C@@H](C)[C@H]2CCC3C4C[C@H]5O[C@]56[C@@H](O)C(SC[C@H](NC(=O)CC[C@@H](N)C(=O)O)C(=O)NCC(=O)O)CC(=O)[C@]6(C)C4CC[C@@]32C)C1.